The summed E-state index contributed by atoms with van der Waals surface area (Å²) in [6.45, 7) is 7.00. The van der Waals surface area contributed by atoms with Gasteiger partial charge < -0.3 is 20.7 Å². The van der Waals surface area contributed by atoms with Crippen LogP contribution in [0, 0.1) is 0 Å². The number of rotatable bonds is 3. The smallest absolute Gasteiger partial charge is 0.407 e. The van der Waals surface area contributed by atoms with Crippen molar-refractivity contribution in [3.05, 3.63) is 36.4 Å². The largest absolute Gasteiger partial charge is 0.444 e. The molecule has 1 amide bonds. The van der Waals surface area contributed by atoms with E-state index < -0.39 is 11.7 Å². The molecule has 1 unspecified atom stereocenters. The van der Waals surface area contributed by atoms with Crippen LogP contribution in [-0.4, -0.2) is 40.8 Å². The summed E-state index contributed by atoms with van der Waals surface area (Å²) in [5, 5.41) is 3.94. The highest BCUT2D eigenvalue weighted by Crippen LogP contribution is 2.37. The van der Waals surface area contributed by atoms with Crippen LogP contribution in [0.5, 0.6) is 0 Å². The van der Waals surface area contributed by atoms with Gasteiger partial charge in [-0.1, -0.05) is 30.3 Å². The Morgan fingerprint density at radius 3 is 2.76 bits per heavy atom. The van der Waals surface area contributed by atoms with E-state index in [0.29, 0.717) is 6.54 Å². The fraction of sp³-hybridized carbons (Fsp3) is 0.381. The number of hydrogen-bond acceptors (Lipinski definition) is 7. The second kappa shape index (κ2) is 7.51. The minimum Gasteiger partial charge on any atom is -0.444 e. The van der Waals surface area contributed by atoms with Crippen LogP contribution in [-0.2, 0) is 4.74 Å². The van der Waals surface area contributed by atoms with Gasteiger partial charge in [0, 0.05) is 18.0 Å². The van der Waals surface area contributed by atoms with E-state index in [2.05, 4.69) is 38.4 Å². The number of benzene rings is 1. The average Bonchev–Trinajstić information content (AvgIpc) is 3.27. The normalized spacial score (nSPS) is 16.9. The molecule has 0 spiro atoms. The minimum absolute atomic E-state index is 0.00307. The van der Waals surface area contributed by atoms with E-state index in [1.54, 1.807) is 11.3 Å². The molecule has 3 heterocycles. The van der Waals surface area contributed by atoms with Crippen molar-refractivity contribution in [2.45, 2.75) is 38.8 Å². The topological polar surface area (TPSA) is 93.4 Å². The summed E-state index contributed by atoms with van der Waals surface area (Å²) >= 11 is 1.61. The van der Waals surface area contributed by atoms with E-state index in [-0.39, 0.29) is 12.0 Å². The molecule has 29 heavy (non-hydrogen) atoms. The van der Waals surface area contributed by atoms with Gasteiger partial charge in [0.1, 0.15) is 16.2 Å². The van der Waals surface area contributed by atoms with Gasteiger partial charge in [-0.05, 0) is 38.8 Å². The van der Waals surface area contributed by atoms with Crippen molar-refractivity contribution in [3.63, 3.8) is 0 Å². The molecule has 7 nitrogen and oxygen atoms in total. The Morgan fingerprint density at radius 2 is 2.03 bits per heavy atom. The molecule has 0 bridgehead atoms. The number of anilines is 2. The Hall–Kier alpha value is -2.87. The molecule has 1 aromatic carbocycles. The summed E-state index contributed by atoms with van der Waals surface area (Å²) in [5.74, 6) is 1.08. The van der Waals surface area contributed by atoms with Crippen LogP contribution in [0.25, 0.3) is 20.7 Å². The van der Waals surface area contributed by atoms with E-state index >= 15 is 0 Å². The minimum atomic E-state index is -0.514. The summed E-state index contributed by atoms with van der Waals surface area (Å²) in [4.78, 5) is 25.2. The predicted octanol–water partition coefficient (Wildman–Crippen LogP) is 4.04. The Bertz CT molecular complexity index is 1030. The van der Waals surface area contributed by atoms with Gasteiger partial charge >= 0.3 is 6.09 Å². The van der Waals surface area contributed by atoms with E-state index in [9.17, 15) is 4.79 Å². The number of aromatic nitrogens is 2. The Morgan fingerprint density at radius 1 is 1.28 bits per heavy atom. The number of nitrogens with one attached hydrogen (secondary N) is 1. The molecule has 2 aromatic heterocycles. The summed E-state index contributed by atoms with van der Waals surface area (Å²) < 4.78 is 5.37. The fourth-order valence-corrected chi connectivity index (χ4v) is 4.49. The number of carbonyl (C=O) groups is 1. The maximum Gasteiger partial charge on any atom is 0.407 e. The van der Waals surface area contributed by atoms with Gasteiger partial charge in [0.25, 0.3) is 0 Å². The van der Waals surface area contributed by atoms with Crippen molar-refractivity contribution in [3.8, 4) is 10.4 Å². The van der Waals surface area contributed by atoms with Crippen molar-refractivity contribution in [2.75, 3.05) is 23.7 Å². The maximum absolute atomic E-state index is 12.1. The molecule has 1 atom stereocenters. The first kappa shape index (κ1) is 19.4. The number of nitrogen functional groups attached to an aromatic ring is 1. The predicted molar refractivity (Wildman–Crippen MR) is 117 cm³/mol. The molecule has 4 rings (SSSR count). The molecule has 8 heteroatoms. The standard InChI is InChI=1S/C21H25N5O2S/c1-21(2,3)28-20(27)23-14-9-10-26(12-14)17-15-11-16(13-7-5-4-6-8-13)29-18(15)25-19(22)24-17/h4-8,11,14H,9-10,12H2,1-3H3,(H,23,27)(H2,22,24,25). The number of amides is 1. The molecule has 1 aliphatic heterocycles. The van der Waals surface area contributed by atoms with Gasteiger partial charge in [-0.3, -0.25) is 0 Å². The number of fused-ring (bicyclic) bond motifs is 1. The van der Waals surface area contributed by atoms with Crippen molar-refractivity contribution in [1.82, 2.24) is 15.3 Å². The average molecular weight is 412 g/mol. The van der Waals surface area contributed by atoms with E-state index in [1.165, 1.54) is 0 Å². The van der Waals surface area contributed by atoms with Crippen LogP contribution in [0.2, 0.25) is 0 Å². The van der Waals surface area contributed by atoms with E-state index in [4.69, 9.17) is 10.5 Å². The fourth-order valence-electron chi connectivity index (χ4n) is 3.45. The van der Waals surface area contributed by atoms with Crippen LogP contribution >= 0.6 is 11.3 Å². The summed E-state index contributed by atoms with van der Waals surface area (Å²) in [6.07, 6.45) is 0.430. The lowest BCUT2D eigenvalue weighted by Crippen LogP contribution is -2.40. The Kier molecular flexibility index (Phi) is 5.04. The highest BCUT2D eigenvalue weighted by Gasteiger charge is 2.28. The third-order valence-electron chi connectivity index (χ3n) is 4.66. The zero-order valence-electron chi connectivity index (χ0n) is 16.8. The number of alkyl carbamates (subject to hydrolysis) is 1. The van der Waals surface area contributed by atoms with Gasteiger partial charge in [0.15, 0.2) is 0 Å². The maximum atomic E-state index is 12.1. The van der Waals surface area contributed by atoms with Gasteiger partial charge in [-0.2, -0.15) is 4.98 Å². The molecule has 152 valence electrons. The third kappa shape index (κ3) is 4.42. The number of nitrogens with two attached hydrogens (primary N) is 1. The van der Waals surface area contributed by atoms with Gasteiger partial charge in [0.2, 0.25) is 5.95 Å². The lowest BCUT2D eigenvalue weighted by molar-refractivity contribution is 0.0509. The Balaban J connectivity index is 1.56. The van der Waals surface area contributed by atoms with Crippen LogP contribution in [0.4, 0.5) is 16.6 Å². The van der Waals surface area contributed by atoms with E-state index in [1.807, 2.05) is 39.0 Å². The summed E-state index contributed by atoms with van der Waals surface area (Å²) in [7, 11) is 0. The number of ether oxygens (including phenoxy) is 1. The monoisotopic (exact) mass is 411 g/mol. The second-order valence-corrected chi connectivity index (χ2v) is 9.21. The summed E-state index contributed by atoms with van der Waals surface area (Å²) in [6, 6.07) is 12.3. The first-order valence-electron chi connectivity index (χ1n) is 9.65. The highest BCUT2D eigenvalue weighted by atomic mass is 32.1. The van der Waals surface area contributed by atoms with Crippen LogP contribution in [0.3, 0.4) is 0 Å². The van der Waals surface area contributed by atoms with Gasteiger partial charge in [-0.15, -0.1) is 11.3 Å². The molecule has 0 radical (unpaired) electrons. The molecular weight excluding hydrogens is 386 g/mol. The quantitative estimate of drug-likeness (QED) is 0.675. The molecule has 1 aliphatic rings. The first-order chi connectivity index (χ1) is 13.8. The molecule has 0 saturated carbocycles. The van der Waals surface area contributed by atoms with Gasteiger partial charge in [-0.25, -0.2) is 9.78 Å². The van der Waals surface area contributed by atoms with Crippen LogP contribution < -0.4 is 16.0 Å². The van der Waals surface area contributed by atoms with Crippen molar-refractivity contribution >= 4 is 39.4 Å². The second-order valence-electron chi connectivity index (χ2n) is 8.18. The Labute approximate surface area is 173 Å². The molecular formula is C21H25N5O2S. The molecule has 3 aromatic rings. The van der Waals surface area contributed by atoms with E-state index in [0.717, 1.165) is 39.4 Å². The number of hydrogen-bond donors (Lipinski definition) is 2. The third-order valence-corrected chi connectivity index (χ3v) is 5.73. The zero-order chi connectivity index (χ0) is 20.6. The molecule has 1 saturated heterocycles. The number of thiophene rings is 1. The zero-order valence-corrected chi connectivity index (χ0v) is 17.6. The SMILES string of the molecule is CC(C)(C)OC(=O)NC1CCN(c2nc(N)nc3sc(-c4ccccc4)cc23)C1. The van der Waals surface area contributed by atoms with Crippen LogP contribution in [0.15, 0.2) is 36.4 Å². The van der Waals surface area contributed by atoms with Crippen molar-refractivity contribution < 1.29 is 9.53 Å². The molecule has 3 N–H and O–H groups in total. The lowest BCUT2D eigenvalue weighted by Gasteiger charge is -2.22. The summed E-state index contributed by atoms with van der Waals surface area (Å²) in [5.41, 5.74) is 6.62. The first-order valence-corrected chi connectivity index (χ1v) is 10.5. The highest BCUT2D eigenvalue weighted by molar-refractivity contribution is 7.22. The van der Waals surface area contributed by atoms with Crippen molar-refractivity contribution in [1.29, 1.82) is 0 Å². The number of nitrogens with zero attached hydrogens (tertiary/aromatic N) is 3. The lowest BCUT2D eigenvalue weighted by atomic mass is 10.2. The van der Waals surface area contributed by atoms with Gasteiger partial charge in [0.05, 0.1) is 11.4 Å². The van der Waals surface area contributed by atoms with Crippen LogP contribution in [0.1, 0.15) is 27.2 Å². The number of carbonyl (C=O) groups excluding carboxylic acids is 1. The van der Waals surface area contributed by atoms with Crippen molar-refractivity contribution in [2.24, 2.45) is 0 Å². The molecule has 1 fully saturated rings. The molecule has 0 aliphatic carbocycles.